The molecule has 1 unspecified atom stereocenters. The highest BCUT2D eigenvalue weighted by Crippen LogP contribution is 2.47. The molecule has 1 atom stereocenters. The van der Waals surface area contributed by atoms with Gasteiger partial charge in [-0.2, -0.15) is 0 Å². The van der Waals surface area contributed by atoms with Crippen molar-refractivity contribution in [2.75, 3.05) is 0 Å². The lowest BCUT2D eigenvalue weighted by molar-refractivity contribution is -0.0505. The van der Waals surface area contributed by atoms with E-state index < -0.39 is 9.04 Å². The first-order chi connectivity index (χ1) is 13.2. The van der Waals surface area contributed by atoms with Crippen molar-refractivity contribution in [1.29, 1.82) is 0 Å². The van der Waals surface area contributed by atoms with Crippen LogP contribution in [0.25, 0.3) is 10.9 Å². The van der Waals surface area contributed by atoms with Crippen LogP contribution < -0.4 is 5.56 Å². The lowest BCUT2D eigenvalue weighted by Crippen LogP contribution is -2.45. The number of fused-ring (bicyclic) bond motifs is 1. The number of hydrogen-bond acceptors (Lipinski definition) is 2. The van der Waals surface area contributed by atoms with E-state index in [-0.39, 0.29) is 16.6 Å². The number of aromatic amines is 1. The van der Waals surface area contributed by atoms with Crippen LogP contribution in [0.2, 0.25) is 13.1 Å². The Morgan fingerprint density at radius 2 is 1.61 bits per heavy atom. The standard InChI is InChI=1S/C24H38NO2Si/c1-7-8-9-10-11-12-17-24(23(2,3)4,27-28(5)6)20-15-13-19-14-16-22(26)25-21(19)18-20/h13-16,18H,7-12,17H2,1-6H3,(H,25,26). The van der Waals surface area contributed by atoms with E-state index in [2.05, 4.69) is 64.0 Å². The van der Waals surface area contributed by atoms with Crippen LogP contribution in [0.3, 0.4) is 0 Å². The number of pyridine rings is 1. The molecule has 0 fully saturated rings. The SMILES string of the molecule is CCCCCCCCC(O[Si](C)C)(c1ccc2ccc(=O)[nH]c2c1)C(C)(C)C. The minimum atomic E-state index is -0.903. The predicted octanol–water partition coefficient (Wildman–Crippen LogP) is 6.79. The first-order valence-electron chi connectivity index (χ1n) is 10.8. The van der Waals surface area contributed by atoms with Crippen molar-refractivity contribution in [3.63, 3.8) is 0 Å². The molecular formula is C24H38NO2Si. The molecule has 155 valence electrons. The predicted molar refractivity (Wildman–Crippen MR) is 122 cm³/mol. The van der Waals surface area contributed by atoms with Crippen LogP contribution in [0, 0.1) is 5.41 Å². The zero-order valence-corrected chi connectivity index (χ0v) is 19.7. The fourth-order valence-corrected chi connectivity index (χ4v) is 5.34. The van der Waals surface area contributed by atoms with Gasteiger partial charge >= 0.3 is 0 Å². The molecule has 0 spiro atoms. The first-order valence-corrected chi connectivity index (χ1v) is 13.2. The van der Waals surface area contributed by atoms with Gasteiger partial charge in [0, 0.05) is 11.6 Å². The normalized spacial score (nSPS) is 14.5. The third-order valence-corrected chi connectivity index (χ3v) is 6.42. The zero-order chi connectivity index (χ0) is 20.8. The Kier molecular flexibility index (Phi) is 8.08. The lowest BCUT2D eigenvalue weighted by Gasteiger charge is -2.47. The second-order valence-corrected chi connectivity index (χ2v) is 11.3. The van der Waals surface area contributed by atoms with E-state index >= 15 is 0 Å². The Morgan fingerprint density at radius 3 is 2.25 bits per heavy atom. The second-order valence-electron chi connectivity index (χ2n) is 9.23. The summed E-state index contributed by atoms with van der Waals surface area (Å²) in [5.41, 5.74) is 1.65. The summed E-state index contributed by atoms with van der Waals surface area (Å²) in [4.78, 5) is 14.8. The number of rotatable bonds is 10. The number of H-pyrrole nitrogens is 1. The number of nitrogens with one attached hydrogen (secondary N) is 1. The van der Waals surface area contributed by atoms with Crippen LogP contribution in [0.1, 0.15) is 78.2 Å². The maximum absolute atomic E-state index is 11.8. The third-order valence-electron chi connectivity index (χ3n) is 5.66. The van der Waals surface area contributed by atoms with E-state index in [1.54, 1.807) is 6.07 Å². The van der Waals surface area contributed by atoms with Gasteiger partial charge in [0.05, 0.1) is 5.60 Å². The van der Waals surface area contributed by atoms with Gasteiger partial charge in [0.2, 0.25) is 14.6 Å². The van der Waals surface area contributed by atoms with Crippen LogP contribution in [0.4, 0.5) is 0 Å². The van der Waals surface area contributed by atoms with E-state index in [4.69, 9.17) is 4.43 Å². The molecule has 28 heavy (non-hydrogen) atoms. The summed E-state index contributed by atoms with van der Waals surface area (Å²) >= 11 is 0. The fourth-order valence-electron chi connectivity index (χ4n) is 4.12. The lowest BCUT2D eigenvalue weighted by atomic mass is 9.69. The maximum atomic E-state index is 11.8. The molecule has 0 saturated carbocycles. The second kappa shape index (κ2) is 9.88. The average Bonchev–Trinajstić information content (AvgIpc) is 2.61. The minimum Gasteiger partial charge on any atom is -0.407 e. The Hall–Kier alpha value is -1.39. The number of benzene rings is 1. The van der Waals surface area contributed by atoms with E-state index in [0.29, 0.717) is 0 Å². The van der Waals surface area contributed by atoms with Gasteiger partial charge in [-0.05, 0) is 48.0 Å². The Balaban J connectivity index is 2.39. The number of hydrogen-bond donors (Lipinski definition) is 1. The van der Waals surface area contributed by atoms with Gasteiger partial charge < -0.3 is 9.41 Å². The first kappa shape index (κ1) is 22.9. The quantitative estimate of drug-likeness (QED) is 0.352. The van der Waals surface area contributed by atoms with Crippen LogP contribution in [-0.4, -0.2) is 14.0 Å². The maximum Gasteiger partial charge on any atom is 0.248 e. The molecule has 0 aliphatic rings. The highest BCUT2D eigenvalue weighted by atomic mass is 28.3. The van der Waals surface area contributed by atoms with Crippen molar-refractivity contribution < 1.29 is 4.43 Å². The fraction of sp³-hybridized carbons (Fsp3) is 0.625. The third kappa shape index (κ3) is 5.57. The van der Waals surface area contributed by atoms with Crippen LogP contribution in [-0.2, 0) is 10.0 Å². The smallest absolute Gasteiger partial charge is 0.248 e. The summed E-state index contributed by atoms with van der Waals surface area (Å²) in [6.07, 6.45) is 8.67. The van der Waals surface area contributed by atoms with Crippen molar-refractivity contribution in [2.45, 2.75) is 91.3 Å². The Bertz CT molecular complexity index is 806. The van der Waals surface area contributed by atoms with Gasteiger partial charge in [-0.25, -0.2) is 0 Å². The molecule has 0 aliphatic carbocycles. The zero-order valence-electron chi connectivity index (χ0n) is 18.7. The summed E-state index contributed by atoms with van der Waals surface area (Å²) in [5, 5.41) is 1.06. The van der Waals surface area contributed by atoms with Gasteiger partial charge in [-0.15, -0.1) is 0 Å². The van der Waals surface area contributed by atoms with Crippen molar-refractivity contribution in [3.8, 4) is 0 Å². The highest BCUT2D eigenvalue weighted by Gasteiger charge is 2.44. The molecule has 1 radical (unpaired) electrons. The van der Waals surface area contributed by atoms with Crippen LogP contribution >= 0.6 is 0 Å². The molecule has 1 N–H and O–H groups in total. The molecule has 0 bridgehead atoms. The number of unbranched alkanes of at least 4 members (excludes halogenated alkanes) is 5. The van der Waals surface area contributed by atoms with Crippen molar-refractivity contribution in [3.05, 3.63) is 46.2 Å². The van der Waals surface area contributed by atoms with Crippen LogP contribution in [0.5, 0.6) is 0 Å². The molecule has 3 nitrogen and oxygen atoms in total. The van der Waals surface area contributed by atoms with Crippen molar-refractivity contribution in [2.24, 2.45) is 5.41 Å². The van der Waals surface area contributed by atoms with E-state index in [1.165, 1.54) is 44.1 Å². The summed E-state index contributed by atoms with van der Waals surface area (Å²) in [5.74, 6) is 0. The number of aromatic nitrogens is 1. The molecule has 0 saturated heterocycles. The minimum absolute atomic E-state index is 0.0406. The molecule has 1 aromatic carbocycles. The molecule has 1 aromatic heterocycles. The van der Waals surface area contributed by atoms with Gasteiger partial charge in [-0.3, -0.25) is 4.79 Å². The Labute approximate surface area is 172 Å². The summed E-state index contributed by atoms with van der Waals surface area (Å²) in [7, 11) is -0.903. The van der Waals surface area contributed by atoms with E-state index in [9.17, 15) is 4.79 Å². The van der Waals surface area contributed by atoms with Gasteiger partial charge in [0.25, 0.3) is 0 Å². The average molecular weight is 401 g/mol. The van der Waals surface area contributed by atoms with Crippen molar-refractivity contribution >= 4 is 19.9 Å². The molecular weight excluding hydrogens is 362 g/mol. The van der Waals surface area contributed by atoms with E-state index in [0.717, 1.165) is 17.3 Å². The molecule has 1 heterocycles. The van der Waals surface area contributed by atoms with Crippen LogP contribution in [0.15, 0.2) is 35.1 Å². The van der Waals surface area contributed by atoms with Gasteiger partial charge in [0.1, 0.15) is 0 Å². The van der Waals surface area contributed by atoms with Gasteiger partial charge in [0.15, 0.2) is 0 Å². The molecule has 2 rings (SSSR count). The van der Waals surface area contributed by atoms with Crippen molar-refractivity contribution in [1.82, 2.24) is 4.98 Å². The summed E-state index contributed by atoms with van der Waals surface area (Å²) in [6.45, 7) is 13.5. The molecule has 2 aromatic rings. The largest absolute Gasteiger partial charge is 0.407 e. The summed E-state index contributed by atoms with van der Waals surface area (Å²) < 4.78 is 6.81. The van der Waals surface area contributed by atoms with Gasteiger partial charge in [-0.1, -0.05) is 78.4 Å². The molecule has 0 aliphatic heterocycles. The monoisotopic (exact) mass is 400 g/mol. The van der Waals surface area contributed by atoms with E-state index in [1.807, 2.05) is 6.07 Å². The Morgan fingerprint density at radius 1 is 0.964 bits per heavy atom. The summed E-state index contributed by atoms with van der Waals surface area (Å²) in [6, 6.07) is 9.94. The highest BCUT2D eigenvalue weighted by molar-refractivity contribution is 6.48. The molecule has 0 amide bonds. The topological polar surface area (TPSA) is 42.1 Å². The molecule has 4 heteroatoms.